The monoisotopic (exact) mass is 230 g/mol. The SMILES string of the molecule is CCCC(C)COC(=O)CCC(=O)OCC. The second-order valence-electron chi connectivity index (χ2n) is 3.88. The Morgan fingerprint density at radius 1 is 1.06 bits per heavy atom. The molecule has 0 aliphatic carbocycles. The quantitative estimate of drug-likeness (QED) is 0.600. The molecule has 0 saturated heterocycles. The fourth-order valence-electron chi connectivity index (χ4n) is 1.32. The van der Waals surface area contributed by atoms with Gasteiger partial charge in [0.15, 0.2) is 0 Å². The third-order valence-electron chi connectivity index (χ3n) is 2.15. The summed E-state index contributed by atoms with van der Waals surface area (Å²) in [5, 5.41) is 0. The van der Waals surface area contributed by atoms with Gasteiger partial charge in [-0.05, 0) is 19.3 Å². The van der Waals surface area contributed by atoms with Gasteiger partial charge in [-0.1, -0.05) is 20.3 Å². The molecule has 0 N–H and O–H groups in total. The fourth-order valence-corrected chi connectivity index (χ4v) is 1.32. The van der Waals surface area contributed by atoms with Crippen LogP contribution in [0.25, 0.3) is 0 Å². The van der Waals surface area contributed by atoms with Gasteiger partial charge in [0.2, 0.25) is 0 Å². The molecular formula is C12H22O4. The number of hydrogen-bond acceptors (Lipinski definition) is 4. The summed E-state index contributed by atoms with van der Waals surface area (Å²) in [6.07, 6.45) is 2.35. The number of ether oxygens (including phenoxy) is 2. The van der Waals surface area contributed by atoms with E-state index in [2.05, 4.69) is 6.92 Å². The molecule has 4 nitrogen and oxygen atoms in total. The van der Waals surface area contributed by atoms with E-state index in [1.807, 2.05) is 6.92 Å². The maximum Gasteiger partial charge on any atom is 0.306 e. The smallest absolute Gasteiger partial charge is 0.306 e. The summed E-state index contributed by atoms with van der Waals surface area (Å²) in [6.45, 7) is 6.67. The van der Waals surface area contributed by atoms with Crippen LogP contribution in [-0.4, -0.2) is 25.2 Å². The first kappa shape index (κ1) is 14.9. The second kappa shape index (κ2) is 9.19. The van der Waals surface area contributed by atoms with E-state index in [-0.39, 0.29) is 24.8 Å². The first-order valence-corrected chi connectivity index (χ1v) is 5.91. The maximum absolute atomic E-state index is 11.2. The van der Waals surface area contributed by atoms with Crippen molar-refractivity contribution in [2.45, 2.75) is 46.5 Å². The van der Waals surface area contributed by atoms with Crippen LogP contribution in [-0.2, 0) is 19.1 Å². The van der Waals surface area contributed by atoms with Crippen LogP contribution >= 0.6 is 0 Å². The summed E-state index contributed by atoms with van der Waals surface area (Å²) in [5.41, 5.74) is 0. The highest BCUT2D eigenvalue weighted by Crippen LogP contribution is 2.06. The van der Waals surface area contributed by atoms with Gasteiger partial charge in [-0.15, -0.1) is 0 Å². The van der Waals surface area contributed by atoms with Gasteiger partial charge in [0.05, 0.1) is 26.1 Å². The van der Waals surface area contributed by atoms with E-state index >= 15 is 0 Å². The van der Waals surface area contributed by atoms with E-state index in [1.54, 1.807) is 6.92 Å². The molecule has 0 saturated carbocycles. The van der Waals surface area contributed by atoms with E-state index in [4.69, 9.17) is 9.47 Å². The zero-order valence-corrected chi connectivity index (χ0v) is 10.5. The molecule has 16 heavy (non-hydrogen) atoms. The molecule has 0 aliphatic rings. The van der Waals surface area contributed by atoms with Crippen LogP contribution in [0.3, 0.4) is 0 Å². The van der Waals surface area contributed by atoms with Gasteiger partial charge in [-0.3, -0.25) is 9.59 Å². The van der Waals surface area contributed by atoms with E-state index in [0.29, 0.717) is 19.1 Å². The van der Waals surface area contributed by atoms with Gasteiger partial charge in [-0.2, -0.15) is 0 Å². The minimum Gasteiger partial charge on any atom is -0.466 e. The molecule has 0 bridgehead atoms. The van der Waals surface area contributed by atoms with Crippen LogP contribution in [0.4, 0.5) is 0 Å². The molecular weight excluding hydrogens is 208 g/mol. The molecule has 0 amide bonds. The Labute approximate surface area is 97.3 Å². The topological polar surface area (TPSA) is 52.6 Å². The van der Waals surface area contributed by atoms with E-state index in [0.717, 1.165) is 12.8 Å². The van der Waals surface area contributed by atoms with E-state index < -0.39 is 0 Å². The normalized spacial score (nSPS) is 11.9. The molecule has 0 heterocycles. The van der Waals surface area contributed by atoms with Crippen LogP contribution in [0.1, 0.15) is 46.5 Å². The summed E-state index contributed by atoms with van der Waals surface area (Å²) < 4.78 is 9.75. The Morgan fingerprint density at radius 3 is 2.12 bits per heavy atom. The van der Waals surface area contributed by atoms with Crippen molar-refractivity contribution in [2.75, 3.05) is 13.2 Å². The van der Waals surface area contributed by atoms with Gasteiger partial charge in [-0.25, -0.2) is 0 Å². The van der Waals surface area contributed by atoms with Crippen LogP contribution in [0.2, 0.25) is 0 Å². The number of hydrogen-bond donors (Lipinski definition) is 0. The maximum atomic E-state index is 11.2. The molecule has 0 spiro atoms. The predicted molar refractivity (Wildman–Crippen MR) is 60.9 cm³/mol. The number of rotatable bonds is 8. The first-order chi connectivity index (χ1) is 7.60. The zero-order valence-electron chi connectivity index (χ0n) is 10.5. The summed E-state index contributed by atoms with van der Waals surface area (Å²) in [7, 11) is 0. The molecule has 0 rings (SSSR count). The van der Waals surface area contributed by atoms with Crippen LogP contribution in [0.15, 0.2) is 0 Å². The highest BCUT2D eigenvalue weighted by molar-refractivity contribution is 5.77. The molecule has 0 radical (unpaired) electrons. The molecule has 1 atom stereocenters. The lowest BCUT2D eigenvalue weighted by atomic mass is 10.1. The van der Waals surface area contributed by atoms with Crippen LogP contribution < -0.4 is 0 Å². The third-order valence-corrected chi connectivity index (χ3v) is 2.15. The van der Waals surface area contributed by atoms with Crippen molar-refractivity contribution in [3.8, 4) is 0 Å². The highest BCUT2D eigenvalue weighted by Gasteiger charge is 2.10. The first-order valence-electron chi connectivity index (χ1n) is 5.91. The number of carbonyl (C=O) groups is 2. The average Bonchev–Trinajstić information content (AvgIpc) is 2.24. The van der Waals surface area contributed by atoms with E-state index in [9.17, 15) is 9.59 Å². The third kappa shape index (κ3) is 8.26. The fraction of sp³-hybridized carbons (Fsp3) is 0.833. The number of carbonyl (C=O) groups excluding carboxylic acids is 2. The van der Waals surface area contributed by atoms with Crippen LogP contribution in [0, 0.1) is 5.92 Å². The zero-order chi connectivity index (χ0) is 12.4. The Morgan fingerprint density at radius 2 is 1.62 bits per heavy atom. The van der Waals surface area contributed by atoms with Crippen molar-refractivity contribution < 1.29 is 19.1 Å². The second-order valence-corrected chi connectivity index (χ2v) is 3.88. The van der Waals surface area contributed by atoms with Crippen molar-refractivity contribution in [1.82, 2.24) is 0 Å². The summed E-state index contributed by atoms with van der Waals surface area (Å²) in [5.74, 6) is -0.284. The number of esters is 2. The van der Waals surface area contributed by atoms with Crippen molar-refractivity contribution >= 4 is 11.9 Å². The van der Waals surface area contributed by atoms with Gasteiger partial charge in [0.1, 0.15) is 0 Å². The van der Waals surface area contributed by atoms with Crippen molar-refractivity contribution in [3.63, 3.8) is 0 Å². The molecule has 1 unspecified atom stereocenters. The van der Waals surface area contributed by atoms with Crippen molar-refractivity contribution in [1.29, 1.82) is 0 Å². The minimum atomic E-state index is -0.346. The highest BCUT2D eigenvalue weighted by atomic mass is 16.5. The summed E-state index contributed by atoms with van der Waals surface area (Å²) >= 11 is 0. The standard InChI is InChI=1S/C12H22O4/c1-4-6-10(3)9-16-12(14)8-7-11(13)15-5-2/h10H,4-9H2,1-3H3. The minimum absolute atomic E-state index is 0.106. The summed E-state index contributed by atoms with van der Waals surface area (Å²) in [4.78, 5) is 22.2. The van der Waals surface area contributed by atoms with Gasteiger partial charge in [0.25, 0.3) is 0 Å². The lowest BCUT2D eigenvalue weighted by molar-refractivity contribution is -0.150. The Hall–Kier alpha value is -1.06. The molecule has 0 aromatic carbocycles. The van der Waals surface area contributed by atoms with Gasteiger partial charge in [0, 0.05) is 0 Å². The Balaban J connectivity index is 3.55. The van der Waals surface area contributed by atoms with Crippen molar-refractivity contribution in [3.05, 3.63) is 0 Å². The van der Waals surface area contributed by atoms with Crippen molar-refractivity contribution in [2.24, 2.45) is 5.92 Å². The van der Waals surface area contributed by atoms with Gasteiger partial charge < -0.3 is 9.47 Å². The molecule has 0 aliphatic heterocycles. The van der Waals surface area contributed by atoms with E-state index in [1.165, 1.54) is 0 Å². The van der Waals surface area contributed by atoms with Gasteiger partial charge >= 0.3 is 11.9 Å². The Kier molecular flexibility index (Phi) is 8.58. The molecule has 4 heteroatoms. The lowest BCUT2D eigenvalue weighted by Crippen LogP contribution is -2.14. The summed E-state index contributed by atoms with van der Waals surface area (Å²) in [6, 6.07) is 0. The molecule has 0 aromatic heterocycles. The molecule has 0 fully saturated rings. The van der Waals surface area contributed by atoms with Crippen LogP contribution in [0.5, 0.6) is 0 Å². The Bertz CT molecular complexity index is 213. The molecule has 94 valence electrons. The molecule has 0 aromatic rings. The predicted octanol–water partition coefficient (Wildman–Crippen LogP) is 2.31. The lowest BCUT2D eigenvalue weighted by Gasteiger charge is -2.10. The largest absolute Gasteiger partial charge is 0.466 e. The average molecular weight is 230 g/mol.